The van der Waals surface area contributed by atoms with Crippen LogP contribution in [-0.4, -0.2) is 39.6 Å². The zero-order chi connectivity index (χ0) is 15.7. The Morgan fingerprint density at radius 2 is 1.86 bits per heavy atom. The van der Waals surface area contributed by atoms with Crippen LogP contribution in [0, 0.1) is 0 Å². The smallest absolute Gasteiger partial charge is 0.240 e. The molecule has 118 valence electrons. The first kappa shape index (κ1) is 16.3. The van der Waals surface area contributed by atoms with Gasteiger partial charge in [0, 0.05) is 36.9 Å². The fourth-order valence-electron chi connectivity index (χ4n) is 2.58. The normalized spacial score (nSPS) is 19.0. The van der Waals surface area contributed by atoms with Crippen molar-refractivity contribution in [1.29, 1.82) is 0 Å². The zero-order valence-corrected chi connectivity index (χ0v) is 14.0. The molecule has 1 fully saturated rings. The predicted octanol–water partition coefficient (Wildman–Crippen LogP) is 1.56. The Bertz CT molecular complexity index is 579. The van der Waals surface area contributed by atoms with E-state index in [0.717, 1.165) is 25.3 Å². The molecule has 0 unspecified atom stereocenters. The summed E-state index contributed by atoms with van der Waals surface area (Å²) < 4.78 is 26.8. The van der Waals surface area contributed by atoms with Crippen LogP contribution in [0.2, 0.25) is 0 Å². The number of hydrogen-bond acceptors (Lipinski definition) is 4. The molecule has 0 radical (unpaired) electrons. The van der Waals surface area contributed by atoms with E-state index in [1.54, 1.807) is 12.1 Å². The maximum absolute atomic E-state index is 12.1. The van der Waals surface area contributed by atoms with Gasteiger partial charge < -0.3 is 10.2 Å². The monoisotopic (exact) mass is 311 g/mol. The lowest BCUT2D eigenvalue weighted by Gasteiger charge is -2.40. The molecule has 0 spiro atoms. The minimum Gasteiger partial charge on any atom is -0.368 e. The van der Waals surface area contributed by atoms with Crippen LogP contribution in [0.5, 0.6) is 0 Å². The Morgan fingerprint density at radius 1 is 1.24 bits per heavy atom. The van der Waals surface area contributed by atoms with Gasteiger partial charge in [-0.05, 0) is 52.0 Å². The van der Waals surface area contributed by atoms with Gasteiger partial charge in [0.2, 0.25) is 10.0 Å². The molecule has 0 amide bonds. The maximum Gasteiger partial charge on any atom is 0.240 e. The lowest BCUT2D eigenvalue weighted by Crippen LogP contribution is -2.57. The number of rotatable bonds is 4. The van der Waals surface area contributed by atoms with Crippen LogP contribution in [-0.2, 0) is 10.0 Å². The summed E-state index contributed by atoms with van der Waals surface area (Å²) in [5.41, 5.74) is 1.13. The van der Waals surface area contributed by atoms with Gasteiger partial charge in [-0.15, -0.1) is 0 Å². The third-order valence-electron chi connectivity index (χ3n) is 3.47. The Labute approximate surface area is 127 Å². The standard InChI is InChI=1S/C15H25N3O2S/c1-12(2)17-21(19,20)14-7-5-13(6-8-14)18-10-9-16-15(3,4)11-18/h5-8,12,16-17H,9-11H2,1-4H3. The second kappa shape index (κ2) is 5.94. The SMILES string of the molecule is CC(C)NS(=O)(=O)c1ccc(N2CCNC(C)(C)C2)cc1. The second-order valence-corrected chi connectivity index (χ2v) is 8.22. The highest BCUT2D eigenvalue weighted by Gasteiger charge is 2.26. The molecule has 0 atom stereocenters. The van der Waals surface area contributed by atoms with Crippen LogP contribution in [0.25, 0.3) is 0 Å². The van der Waals surface area contributed by atoms with Crippen LogP contribution in [0.3, 0.4) is 0 Å². The molecule has 1 aromatic carbocycles. The molecule has 1 aliphatic rings. The van der Waals surface area contributed by atoms with E-state index >= 15 is 0 Å². The highest BCUT2D eigenvalue weighted by Crippen LogP contribution is 2.21. The van der Waals surface area contributed by atoms with Gasteiger partial charge in [0.05, 0.1) is 4.90 Å². The molecular formula is C15H25N3O2S. The fraction of sp³-hybridized carbons (Fsp3) is 0.600. The maximum atomic E-state index is 12.1. The van der Waals surface area contributed by atoms with Gasteiger partial charge in [-0.2, -0.15) is 0 Å². The molecule has 1 aliphatic heterocycles. The van der Waals surface area contributed by atoms with E-state index in [9.17, 15) is 8.42 Å². The van der Waals surface area contributed by atoms with E-state index in [2.05, 4.69) is 28.8 Å². The summed E-state index contributed by atoms with van der Waals surface area (Å²) >= 11 is 0. The first-order valence-electron chi connectivity index (χ1n) is 7.32. The molecule has 6 heteroatoms. The van der Waals surface area contributed by atoms with Gasteiger partial charge in [0.25, 0.3) is 0 Å². The Balaban J connectivity index is 2.16. The van der Waals surface area contributed by atoms with Crippen molar-refractivity contribution in [1.82, 2.24) is 10.0 Å². The summed E-state index contributed by atoms with van der Waals surface area (Å²) in [7, 11) is -3.41. The molecule has 0 bridgehead atoms. The van der Waals surface area contributed by atoms with E-state index in [1.807, 2.05) is 26.0 Å². The molecule has 2 rings (SSSR count). The molecule has 0 saturated carbocycles. The third kappa shape index (κ3) is 4.18. The largest absolute Gasteiger partial charge is 0.368 e. The third-order valence-corrected chi connectivity index (χ3v) is 5.15. The van der Waals surface area contributed by atoms with Gasteiger partial charge in [0.1, 0.15) is 0 Å². The van der Waals surface area contributed by atoms with Gasteiger partial charge in [-0.25, -0.2) is 13.1 Å². The van der Waals surface area contributed by atoms with Gasteiger partial charge in [-0.1, -0.05) is 0 Å². The van der Waals surface area contributed by atoms with E-state index < -0.39 is 10.0 Å². The Hall–Kier alpha value is -1.11. The van der Waals surface area contributed by atoms with Crippen molar-refractivity contribution < 1.29 is 8.42 Å². The van der Waals surface area contributed by atoms with Crippen molar-refractivity contribution in [3.05, 3.63) is 24.3 Å². The summed E-state index contributed by atoms with van der Waals surface area (Å²) in [4.78, 5) is 2.59. The first-order valence-corrected chi connectivity index (χ1v) is 8.80. The molecule has 1 aromatic rings. The fourth-order valence-corrected chi connectivity index (χ4v) is 3.83. The molecule has 21 heavy (non-hydrogen) atoms. The Morgan fingerprint density at radius 3 is 2.38 bits per heavy atom. The molecular weight excluding hydrogens is 286 g/mol. The van der Waals surface area contributed by atoms with Crippen molar-refractivity contribution in [3.8, 4) is 0 Å². The number of benzene rings is 1. The average Bonchev–Trinajstić information content (AvgIpc) is 2.36. The molecule has 5 nitrogen and oxygen atoms in total. The van der Waals surface area contributed by atoms with Crippen LogP contribution in [0.15, 0.2) is 29.2 Å². The van der Waals surface area contributed by atoms with E-state index in [1.165, 1.54) is 0 Å². The van der Waals surface area contributed by atoms with Crippen LogP contribution >= 0.6 is 0 Å². The summed E-state index contributed by atoms with van der Waals surface area (Å²) in [6.45, 7) is 10.7. The molecule has 1 heterocycles. The highest BCUT2D eigenvalue weighted by atomic mass is 32.2. The van der Waals surface area contributed by atoms with Crippen LogP contribution < -0.4 is 14.9 Å². The number of hydrogen-bond donors (Lipinski definition) is 2. The number of anilines is 1. The first-order chi connectivity index (χ1) is 9.70. The summed E-state index contributed by atoms with van der Waals surface area (Å²) in [6.07, 6.45) is 0. The van der Waals surface area contributed by atoms with Gasteiger partial charge in [0.15, 0.2) is 0 Å². The van der Waals surface area contributed by atoms with Crippen LogP contribution in [0.1, 0.15) is 27.7 Å². The minimum atomic E-state index is -3.41. The zero-order valence-electron chi connectivity index (χ0n) is 13.2. The van der Waals surface area contributed by atoms with Crippen molar-refractivity contribution in [2.24, 2.45) is 0 Å². The summed E-state index contributed by atoms with van der Waals surface area (Å²) in [5.74, 6) is 0. The number of piperazine rings is 1. The second-order valence-electron chi connectivity index (χ2n) is 6.50. The van der Waals surface area contributed by atoms with E-state index in [4.69, 9.17) is 0 Å². The number of nitrogens with zero attached hydrogens (tertiary/aromatic N) is 1. The van der Waals surface area contributed by atoms with Crippen molar-refractivity contribution in [2.45, 2.75) is 44.2 Å². The highest BCUT2D eigenvalue weighted by molar-refractivity contribution is 7.89. The molecule has 1 saturated heterocycles. The molecule has 2 N–H and O–H groups in total. The minimum absolute atomic E-state index is 0.0716. The summed E-state index contributed by atoms with van der Waals surface area (Å²) in [5, 5.41) is 3.47. The van der Waals surface area contributed by atoms with Gasteiger partial charge >= 0.3 is 0 Å². The molecule has 0 aromatic heterocycles. The van der Waals surface area contributed by atoms with E-state index in [0.29, 0.717) is 4.90 Å². The van der Waals surface area contributed by atoms with Crippen molar-refractivity contribution in [3.63, 3.8) is 0 Å². The van der Waals surface area contributed by atoms with E-state index in [-0.39, 0.29) is 11.6 Å². The lowest BCUT2D eigenvalue weighted by atomic mass is 10.0. The lowest BCUT2D eigenvalue weighted by molar-refractivity contribution is 0.353. The quantitative estimate of drug-likeness (QED) is 0.886. The van der Waals surface area contributed by atoms with Gasteiger partial charge in [-0.3, -0.25) is 0 Å². The predicted molar refractivity (Wildman–Crippen MR) is 86.2 cm³/mol. The van der Waals surface area contributed by atoms with Crippen molar-refractivity contribution >= 4 is 15.7 Å². The Kier molecular flexibility index (Phi) is 4.60. The number of nitrogens with one attached hydrogen (secondary N) is 2. The number of sulfonamides is 1. The van der Waals surface area contributed by atoms with Crippen molar-refractivity contribution in [2.75, 3.05) is 24.5 Å². The van der Waals surface area contributed by atoms with Crippen LogP contribution in [0.4, 0.5) is 5.69 Å². The summed E-state index contributed by atoms with van der Waals surface area (Å²) in [6, 6.07) is 7.01. The topological polar surface area (TPSA) is 61.4 Å². The average molecular weight is 311 g/mol. The molecule has 0 aliphatic carbocycles.